The van der Waals surface area contributed by atoms with Crippen molar-refractivity contribution in [1.82, 2.24) is 10.6 Å². The first-order valence-electron chi connectivity index (χ1n) is 8.49. The van der Waals surface area contributed by atoms with Crippen LogP contribution in [0.3, 0.4) is 0 Å². The first kappa shape index (κ1) is 16.1. The van der Waals surface area contributed by atoms with E-state index >= 15 is 0 Å². The lowest BCUT2D eigenvalue weighted by atomic mass is 9.73. The minimum absolute atomic E-state index is 0.0251. The third kappa shape index (κ3) is 3.61. The summed E-state index contributed by atoms with van der Waals surface area (Å²) in [5.74, 6) is 1.89. The van der Waals surface area contributed by atoms with E-state index in [0.29, 0.717) is 0 Å². The fourth-order valence-corrected chi connectivity index (χ4v) is 3.44. The molecule has 0 bridgehead atoms. The second kappa shape index (κ2) is 7.21. The number of nitrogens with one attached hydrogen (secondary N) is 2. The number of rotatable bonds is 4. The lowest BCUT2D eigenvalue weighted by Gasteiger charge is -2.39. The number of aliphatic imine (C=N–C) groups is 1. The van der Waals surface area contributed by atoms with Gasteiger partial charge in [0.05, 0.1) is 7.11 Å². The van der Waals surface area contributed by atoms with E-state index < -0.39 is 0 Å². The van der Waals surface area contributed by atoms with Crippen molar-refractivity contribution in [3.63, 3.8) is 0 Å². The lowest BCUT2D eigenvalue weighted by Crippen LogP contribution is -2.49. The summed E-state index contributed by atoms with van der Waals surface area (Å²) in [5.41, 5.74) is 2.57. The highest BCUT2D eigenvalue weighted by Gasteiger charge is 2.37. The van der Waals surface area contributed by atoms with Crippen molar-refractivity contribution in [2.75, 3.05) is 40.0 Å². The molecule has 2 aliphatic rings. The van der Waals surface area contributed by atoms with E-state index in [9.17, 15) is 0 Å². The van der Waals surface area contributed by atoms with Crippen LogP contribution in [0.15, 0.2) is 23.2 Å². The normalized spacial score (nSPS) is 20.3. The predicted octanol–water partition coefficient (Wildman–Crippen LogP) is 1.99. The second-order valence-electron chi connectivity index (χ2n) is 6.46. The van der Waals surface area contributed by atoms with Gasteiger partial charge in [-0.05, 0) is 32.3 Å². The molecule has 0 saturated carbocycles. The van der Waals surface area contributed by atoms with Crippen molar-refractivity contribution >= 4 is 5.96 Å². The van der Waals surface area contributed by atoms with Crippen LogP contribution in [0.4, 0.5) is 0 Å². The topological polar surface area (TPSA) is 54.9 Å². The van der Waals surface area contributed by atoms with Gasteiger partial charge < -0.3 is 20.1 Å². The van der Waals surface area contributed by atoms with Crippen LogP contribution < -0.4 is 15.4 Å². The van der Waals surface area contributed by atoms with Gasteiger partial charge in [-0.15, -0.1) is 0 Å². The molecule has 1 aromatic rings. The van der Waals surface area contributed by atoms with Crippen LogP contribution in [0.25, 0.3) is 0 Å². The molecule has 0 unspecified atom stereocenters. The molecule has 2 aliphatic heterocycles. The minimum Gasteiger partial charge on any atom is -0.496 e. The molecular formula is C18H27N3O2. The number of benzene rings is 1. The summed E-state index contributed by atoms with van der Waals surface area (Å²) in [7, 11) is 1.75. The molecule has 23 heavy (non-hydrogen) atoms. The number of ether oxygens (including phenoxy) is 2. The maximum Gasteiger partial charge on any atom is 0.191 e. The van der Waals surface area contributed by atoms with Crippen LogP contribution in [0.2, 0.25) is 0 Å². The molecule has 3 rings (SSSR count). The maximum atomic E-state index is 5.66. The minimum atomic E-state index is 0.0251. The summed E-state index contributed by atoms with van der Waals surface area (Å²) in [6.45, 7) is 6.46. The number of hydrogen-bond acceptors (Lipinski definition) is 5. The van der Waals surface area contributed by atoms with Gasteiger partial charge >= 0.3 is 0 Å². The van der Waals surface area contributed by atoms with Crippen LogP contribution >= 0.6 is 0 Å². The van der Waals surface area contributed by atoms with Gasteiger partial charge in [0.1, 0.15) is 5.75 Å². The molecule has 1 aromatic carbocycles. The Labute approximate surface area is 138 Å². The number of aryl methyl sites for hydroxylation is 1. The zero-order valence-corrected chi connectivity index (χ0v) is 14.2. The molecule has 0 amide bonds. The Hall–Kier alpha value is -1.75. The third-order valence-corrected chi connectivity index (χ3v) is 4.87. The van der Waals surface area contributed by atoms with Gasteiger partial charge in [-0.1, -0.05) is 17.7 Å². The zero-order chi connectivity index (χ0) is 16.1. The highest BCUT2D eigenvalue weighted by atomic mass is 16.5. The quantitative estimate of drug-likeness (QED) is 0.892. The van der Waals surface area contributed by atoms with E-state index in [1.807, 2.05) is 0 Å². The average molecular weight is 317 g/mol. The summed E-state index contributed by atoms with van der Waals surface area (Å²) in [5, 5.41) is 6.87. The van der Waals surface area contributed by atoms with Gasteiger partial charge in [-0.2, -0.15) is 0 Å². The fourth-order valence-electron chi connectivity index (χ4n) is 3.44. The largest absolute Gasteiger partial charge is 0.496 e. The SMILES string of the molecule is COc1ccc(C)cc1C1(CNC2=NCCCN2)CCOCC1. The summed E-state index contributed by atoms with van der Waals surface area (Å²) in [6.07, 6.45) is 3.09. The van der Waals surface area contributed by atoms with Gasteiger partial charge in [0.15, 0.2) is 5.96 Å². The van der Waals surface area contributed by atoms with Gasteiger partial charge in [0, 0.05) is 43.8 Å². The highest BCUT2D eigenvalue weighted by molar-refractivity contribution is 5.80. The van der Waals surface area contributed by atoms with Crippen molar-refractivity contribution in [1.29, 1.82) is 0 Å². The fraction of sp³-hybridized carbons (Fsp3) is 0.611. The summed E-state index contributed by atoms with van der Waals surface area (Å²) in [4.78, 5) is 4.53. The number of methoxy groups -OCH3 is 1. The van der Waals surface area contributed by atoms with Gasteiger partial charge in [0.2, 0.25) is 0 Å². The summed E-state index contributed by atoms with van der Waals surface area (Å²) >= 11 is 0. The smallest absolute Gasteiger partial charge is 0.191 e. The Morgan fingerprint density at radius 3 is 2.87 bits per heavy atom. The number of guanidine groups is 1. The molecule has 5 heteroatoms. The number of hydrogen-bond donors (Lipinski definition) is 2. The van der Waals surface area contributed by atoms with Gasteiger partial charge in [-0.25, -0.2) is 0 Å². The Morgan fingerprint density at radius 2 is 2.17 bits per heavy atom. The molecule has 1 fully saturated rings. The molecule has 0 radical (unpaired) electrons. The van der Waals surface area contributed by atoms with E-state index in [-0.39, 0.29) is 5.41 Å². The summed E-state index contributed by atoms with van der Waals surface area (Å²) < 4.78 is 11.3. The molecule has 126 valence electrons. The highest BCUT2D eigenvalue weighted by Crippen LogP contribution is 2.40. The molecule has 2 heterocycles. The molecule has 0 aromatic heterocycles. The van der Waals surface area contributed by atoms with Crippen LogP contribution in [0.5, 0.6) is 5.75 Å². The van der Waals surface area contributed by atoms with Crippen LogP contribution in [0, 0.1) is 6.92 Å². The molecular weight excluding hydrogens is 290 g/mol. The Kier molecular flexibility index (Phi) is 5.06. The average Bonchev–Trinajstić information content (AvgIpc) is 2.62. The van der Waals surface area contributed by atoms with Crippen LogP contribution in [-0.2, 0) is 10.2 Å². The van der Waals surface area contributed by atoms with Gasteiger partial charge in [0.25, 0.3) is 0 Å². The van der Waals surface area contributed by atoms with E-state index in [4.69, 9.17) is 9.47 Å². The van der Waals surface area contributed by atoms with Crippen molar-refractivity contribution in [3.05, 3.63) is 29.3 Å². The van der Waals surface area contributed by atoms with Crippen LogP contribution in [0.1, 0.15) is 30.4 Å². The van der Waals surface area contributed by atoms with E-state index in [1.54, 1.807) is 7.11 Å². The molecule has 0 atom stereocenters. The molecule has 2 N–H and O–H groups in total. The first-order valence-corrected chi connectivity index (χ1v) is 8.49. The number of nitrogens with zero attached hydrogens (tertiary/aromatic N) is 1. The Balaban J connectivity index is 1.87. The first-order chi connectivity index (χ1) is 11.2. The molecule has 1 saturated heterocycles. The molecule has 0 spiro atoms. The van der Waals surface area contributed by atoms with Crippen LogP contribution in [-0.4, -0.2) is 45.9 Å². The van der Waals surface area contributed by atoms with Crippen molar-refractivity contribution in [2.45, 2.75) is 31.6 Å². The predicted molar refractivity (Wildman–Crippen MR) is 92.4 cm³/mol. The third-order valence-electron chi connectivity index (χ3n) is 4.87. The second-order valence-corrected chi connectivity index (χ2v) is 6.46. The van der Waals surface area contributed by atoms with Crippen molar-refractivity contribution in [2.24, 2.45) is 4.99 Å². The summed E-state index contributed by atoms with van der Waals surface area (Å²) in [6, 6.07) is 6.45. The Morgan fingerprint density at radius 1 is 1.35 bits per heavy atom. The lowest BCUT2D eigenvalue weighted by molar-refractivity contribution is 0.0505. The van der Waals surface area contributed by atoms with E-state index in [2.05, 4.69) is 40.7 Å². The zero-order valence-electron chi connectivity index (χ0n) is 14.2. The van der Waals surface area contributed by atoms with Crippen molar-refractivity contribution in [3.8, 4) is 5.75 Å². The molecule has 5 nitrogen and oxygen atoms in total. The molecule has 0 aliphatic carbocycles. The van der Waals surface area contributed by atoms with E-state index in [0.717, 1.165) is 63.8 Å². The Bertz CT molecular complexity index is 565. The standard InChI is InChI=1S/C18H27N3O2/c1-14-4-5-16(22-2)15(12-14)18(6-10-23-11-7-18)13-21-17-19-8-3-9-20-17/h4-5,12H,3,6-11,13H2,1-2H3,(H2,19,20,21). The van der Waals surface area contributed by atoms with Gasteiger partial charge in [-0.3, -0.25) is 4.99 Å². The monoisotopic (exact) mass is 317 g/mol. The van der Waals surface area contributed by atoms with Crippen molar-refractivity contribution < 1.29 is 9.47 Å². The van der Waals surface area contributed by atoms with E-state index in [1.165, 1.54) is 11.1 Å². The maximum absolute atomic E-state index is 5.66.